The van der Waals surface area contributed by atoms with Crippen molar-refractivity contribution in [2.45, 2.75) is 32.1 Å². The lowest BCUT2D eigenvalue weighted by Gasteiger charge is -2.20. The minimum Gasteiger partial charge on any atom is -0.356 e. The van der Waals surface area contributed by atoms with Crippen molar-refractivity contribution in [3.8, 4) is 0 Å². The van der Waals surface area contributed by atoms with Crippen LogP contribution in [0.25, 0.3) is 10.8 Å². The molecule has 1 aliphatic rings. The van der Waals surface area contributed by atoms with Crippen LogP contribution in [0.1, 0.15) is 31.9 Å². The maximum Gasteiger partial charge on any atom is 0.136 e. The third-order valence-corrected chi connectivity index (χ3v) is 4.47. The Labute approximate surface area is 125 Å². The number of hydrogen-bond acceptors (Lipinski definition) is 2. The Balaban J connectivity index is 1.98. The lowest BCUT2D eigenvalue weighted by Crippen LogP contribution is -2.21. The Morgan fingerprint density at radius 3 is 3.00 bits per heavy atom. The van der Waals surface area contributed by atoms with Gasteiger partial charge in [-0.3, -0.25) is 0 Å². The first-order valence-electron chi connectivity index (χ1n) is 7.51. The van der Waals surface area contributed by atoms with Gasteiger partial charge in [-0.25, -0.2) is 4.98 Å². The van der Waals surface area contributed by atoms with E-state index in [1.165, 1.54) is 30.0 Å². The summed E-state index contributed by atoms with van der Waals surface area (Å²) in [5, 5.41) is 2.49. The van der Waals surface area contributed by atoms with Crippen LogP contribution in [0.3, 0.4) is 0 Å². The van der Waals surface area contributed by atoms with Crippen LogP contribution in [-0.2, 0) is 5.88 Å². The van der Waals surface area contributed by atoms with Crippen LogP contribution in [0.4, 0.5) is 5.82 Å². The first-order chi connectivity index (χ1) is 9.81. The third kappa shape index (κ3) is 2.62. The van der Waals surface area contributed by atoms with Crippen molar-refractivity contribution in [3.63, 3.8) is 0 Å². The second-order valence-electron chi connectivity index (χ2n) is 5.68. The van der Waals surface area contributed by atoms with E-state index in [1.54, 1.807) is 0 Å². The van der Waals surface area contributed by atoms with Gasteiger partial charge in [0.2, 0.25) is 0 Å². The zero-order chi connectivity index (χ0) is 13.9. The van der Waals surface area contributed by atoms with Crippen molar-refractivity contribution < 1.29 is 0 Å². The van der Waals surface area contributed by atoms with Crippen LogP contribution in [0.5, 0.6) is 0 Å². The highest BCUT2D eigenvalue weighted by atomic mass is 35.5. The van der Waals surface area contributed by atoms with Crippen LogP contribution in [0.2, 0.25) is 0 Å². The van der Waals surface area contributed by atoms with Gasteiger partial charge in [0.1, 0.15) is 5.82 Å². The van der Waals surface area contributed by atoms with Crippen LogP contribution in [0.15, 0.2) is 30.3 Å². The van der Waals surface area contributed by atoms with Crippen molar-refractivity contribution in [1.29, 1.82) is 0 Å². The van der Waals surface area contributed by atoms with Crippen molar-refractivity contribution in [2.75, 3.05) is 18.0 Å². The number of pyridine rings is 1. The van der Waals surface area contributed by atoms with Gasteiger partial charge in [0.25, 0.3) is 0 Å². The van der Waals surface area contributed by atoms with E-state index < -0.39 is 0 Å². The molecule has 1 aromatic heterocycles. The van der Waals surface area contributed by atoms with Gasteiger partial charge >= 0.3 is 0 Å². The number of halogens is 1. The fourth-order valence-electron chi connectivity index (χ4n) is 3.21. The average Bonchev–Trinajstić information content (AvgIpc) is 2.95. The molecule has 0 saturated carbocycles. The molecule has 106 valence electrons. The number of hydrogen-bond donors (Lipinski definition) is 0. The molecule has 0 radical (unpaired) electrons. The number of rotatable bonds is 4. The predicted octanol–water partition coefficient (Wildman–Crippen LogP) is 4.60. The summed E-state index contributed by atoms with van der Waals surface area (Å²) in [6, 6.07) is 10.6. The van der Waals surface area contributed by atoms with Crippen LogP contribution in [-0.4, -0.2) is 18.1 Å². The van der Waals surface area contributed by atoms with Crippen molar-refractivity contribution in [3.05, 3.63) is 36.0 Å². The van der Waals surface area contributed by atoms with E-state index in [0.29, 0.717) is 5.88 Å². The van der Waals surface area contributed by atoms with Gasteiger partial charge in [0, 0.05) is 18.5 Å². The summed E-state index contributed by atoms with van der Waals surface area (Å²) in [6.45, 7) is 4.52. The van der Waals surface area contributed by atoms with Gasteiger partial charge < -0.3 is 4.90 Å². The quantitative estimate of drug-likeness (QED) is 0.764. The van der Waals surface area contributed by atoms with E-state index in [0.717, 1.165) is 30.5 Å². The summed E-state index contributed by atoms with van der Waals surface area (Å²) < 4.78 is 0. The molecule has 0 aliphatic carbocycles. The van der Waals surface area contributed by atoms with Crippen LogP contribution in [0, 0.1) is 5.92 Å². The first-order valence-corrected chi connectivity index (χ1v) is 8.05. The second-order valence-corrected chi connectivity index (χ2v) is 5.95. The van der Waals surface area contributed by atoms with Gasteiger partial charge in [-0.05, 0) is 30.2 Å². The molecule has 20 heavy (non-hydrogen) atoms. The van der Waals surface area contributed by atoms with Crippen LogP contribution >= 0.6 is 11.6 Å². The number of aromatic nitrogens is 1. The Kier molecular flexibility index (Phi) is 4.11. The molecular formula is C17H21ClN2. The summed E-state index contributed by atoms with van der Waals surface area (Å²) >= 11 is 6.00. The smallest absolute Gasteiger partial charge is 0.136 e. The third-order valence-electron chi connectivity index (χ3n) is 4.19. The molecule has 0 bridgehead atoms. The minimum absolute atomic E-state index is 0.476. The number of alkyl halides is 1. The highest BCUT2D eigenvalue weighted by Gasteiger charge is 2.24. The largest absolute Gasteiger partial charge is 0.356 e. The summed E-state index contributed by atoms with van der Waals surface area (Å²) in [5.74, 6) is 2.42. The summed E-state index contributed by atoms with van der Waals surface area (Å²) in [5.41, 5.74) is 0.972. The molecule has 1 unspecified atom stereocenters. The van der Waals surface area contributed by atoms with Crippen molar-refractivity contribution in [1.82, 2.24) is 4.98 Å². The van der Waals surface area contributed by atoms with E-state index in [2.05, 4.69) is 42.2 Å². The number of fused-ring (bicyclic) bond motifs is 1. The zero-order valence-electron chi connectivity index (χ0n) is 12.0. The minimum atomic E-state index is 0.476. The molecule has 0 spiro atoms. The fraction of sp³-hybridized carbons (Fsp3) is 0.471. The number of nitrogens with zero attached hydrogens (tertiary/aromatic N) is 2. The SMILES string of the molecule is CCCC1CCN(c2nc(CCl)cc3ccccc23)C1. The molecule has 2 aromatic rings. The molecular weight excluding hydrogens is 268 g/mol. The molecule has 1 aliphatic heterocycles. The predicted molar refractivity (Wildman–Crippen MR) is 86.5 cm³/mol. The highest BCUT2D eigenvalue weighted by molar-refractivity contribution is 6.17. The molecule has 3 rings (SSSR count). The van der Waals surface area contributed by atoms with Gasteiger partial charge in [-0.15, -0.1) is 11.6 Å². The zero-order valence-corrected chi connectivity index (χ0v) is 12.7. The molecule has 1 fully saturated rings. The molecule has 0 N–H and O–H groups in total. The lowest BCUT2D eigenvalue weighted by molar-refractivity contribution is 0.529. The van der Waals surface area contributed by atoms with Gasteiger partial charge in [0.05, 0.1) is 11.6 Å². The topological polar surface area (TPSA) is 16.1 Å². The fourth-order valence-corrected chi connectivity index (χ4v) is 3.35. The van der Waals surface area contributed by atoms with E-state index in [9.17, 15) is 0 Å². The Hall–Kier alpha value is -1.28. The first kappa shape index (κ1) is 13.7. The van der Waals surface area contributed by atoms with Crippen molar-refractivity contribution >= 4 is 28.2 Å². The molecule has 1 saturated heterocycles. The van der Waals surface area contributed by atoms with E-state index in [1.807, 2.05) is 0 Å². The summed E-state index contributed by atoms with van der Waals surface area (Å²) in [6.07, 6.45) is 3.88. The van der Waals surface area contributed by atoms with Gasteiger partial charge in [0.15, 0.2) is 0 Å². The highest BCUT2D eigenvalue weighted by Crippen LogP contribution is 2.31. The van der Waals surface area contributed by atoms with Gasteiger partial charge in [-0.1, -0.05) is 37.6 Å². The normalized spacial score (nSPS) is 18.9. The average molecular weight is 289 g/mol. The van der Waals surface area contributed by atoms with E-state index in [-0.39, 0.29) is 0 Å². The monoisotopic (exact) mass is 288 g/mol. The van der Waals surface area contributed by atoms with E-state index in [4.69, 9.17) is 16.6 Å². The van der Waals surface area contributed by atoms with E-state index >= 15 is 0 Å². The summed E-state index contributed by atoms with van der Waals surface area (Å²) in [4.78, 5) is 7.23. The maximum atomic E-state index is 6.00. The molecule has 3 heteroatoms. The molecule has 1 aromatic carbocycles. The Morgan fingerprint density at radius 2 is 2.20 bits per heavy atom. The molecule has 1 atom stereocenters. The van der Waals surface area contributed by atoms with Gasteiger partial charge in [-0.2, -0.15) is 0 Å². The molecule has 0 amide bonds. The molecule has 2 nitrogen and oxygen atoms in total. The number of benzene rings is 1. The number of anilines is 1. The Morgan fingerprint density at radius 1 is 1.35 bits per heavy atom. The molecule has 2 heterocycles. The van der Waals surface area contributed by atoms with Crippen LogP contribution < -0.4 is 4.90 Å². The standard InChI is InChI=1S/C17H21ClN2/c1-2-5-13-8-9-20(12-13)17-16-7-4-3-6-14(16)10-15(11-18)19-17/h3-4,6-7,10,13H,2,5,8-9,11-12H2,1H3. The maximum absolute atomic E-state index is 6.00. The van der Waals surface area contributed by atoms with Crippen molar-refractivity contribution in [2.24, 2.45) is 5.92 Å². The lowest BCUT2D eigenvalue weighted by atomic mass is 10.0. The summed E-state index contributed by atoms with van der Waals surface area (Å²) in [7, 11) is 0. The Bertz CT molecular complexity index is 597. The second kappa shape index (κ2) is 6.01.